The first-order valence-electron chi connectivity index (χ1n) is 7.82. The van der Waals surface area contributed by atoms with Crippen molar-refractivity contribution in [2.24, 2.45) is 0 Å². The zero-order valence-electron chi connectivity index (χ0n) is 14.2. The first-order valence-corrected chi connectivity index (χ1v) is 7.82. The maximum Gasteiger partial charge on any atom is 0.251 e. The summed E-state index contributed by atoms with van der Waals surface area (Å²) >= 11 is 0. The van der Waals surface area contributed by atoms with Crippen molar-refractivity contribution in [2.75, 3.05) is 11.9 Å². The number of benzene rings is 1. The second-order valence-electron chi connectivity index (χ2n) is 6.45. The van der Waals surface area contributed by atoms with E-state index >= 15 is 0 Å². The lowest BCUT2D eigenvalue weighted by Gasteiger charge is -2.19. The summed E-state index contributed by atoms with van der Waals surface area (Å²) in [5.74, 6) is -0.185. The lowest BCUT2D eigenvalue weighted by Crippen LogP contribution is -2.28. The molecular weight excluding hydrogens is 304 g/mol. The number of aromatic nitrogens is 2. The monoisotopic (exact) mass is 326 g/mol. The summed E-state index contributed by atoms with van der Waals surface area (Å²) in [5, 5.41) is 5.30. The van der Waals surface area contributed by atoms with E-state index in [1.807, 2.05) is 12.1 Å². The van der Waals surface area contributed by atoms with Crippen LogP contribution in [0.4, 0.5) is 5.95 Å². The predicted octanol–water partition coefficient (Wildman–Crippen LogP) is 2.53. The average molecular weight is 326 g/mol. The van der Waals surface area contributed by atoms with Gasteiger partial charge in [0.25, 0.3) is 5.91 Å². The Morgan fingerprint density at radius 3 is 2.25 bits per heavy atom. The highest BCUT2D eigenvalue weighted by molar-refractivity contribution is 5.95. The molecule has 6 nitrogen and oxygen atoms in total. The van der Waals surface area contributed by atoms with E-state index in [2.05, 4.69) is 41.4 Å². The minimum Gasteiger partial charge on any atom is -0.352 e. The van der Waals surface area contributed by atoms with Crippen LogP contribution in [0.15, 0.2) is 42.7 Å². The average Bonchev–Trinajstić information content (AvgIpc) is 2.55. The summed E-state index contributed by atoms with van der Waals surface area (Å²) in [5.41, 5.74) is 1.79. The fourth-order valence-corrected chi connectivity index (χ4v) is 2.06. The zero-order chi connectivity index (χ0) is 17.6. The van der Waals surface area contributed by atoms with Crippen molar-refractivity contribution in [3.8, 4) is 0 Å². The van der Waals surface area contributed by atoms with Gasteiger partial charge in [0.2, 0.25) is 11.9 Å². The van der Waals surface area contributed by atoms with Crippen molar-refractivity contribution >= 4 is 17.8 Å². The maximum absolute atomic E-state index is 12.1. The van der Waals surface area contributed by atoms with Crippen LogP contribution in [-0.2, 0) is 10.2 Å². The highest BCUT2D eigenvalue weighted by atomic mass is 16.2. The highest BCUT2D eigenvalue weighted by Crippen LogP contribution is 2.22. The van der Waals surface area contributed by atoms with E-state index in [4.69, 9.17) is 0 Å². The minimum absolute atomic E-state index is 0.0482. The molecule has 6 heteroatoms. The number of hydrogen-bond acceptors (Lipinski definition) is 4. The number of carbonyl (C=O) groups is 2. The van der Waals surface area contributed by atoms with Gasteiger partial charge >= 0.3 is 0 Å². The minimum atomic E-state index is -0.246. The van der Waals surface area contributed by atoms with Gasteiger partial charge in [-0.1, -0.05) is 32.9 Å². The Labute approximate surface area is 141 Å². The van der Waals surface area contributed by atoms with Crippen LogP contribution < -0.4 is 10.6 Å². The Morgan fingerprint density at radius 2 is 1.67 bits per heavy atom. The summed E-state index contributed by atoms with van der Waals surface area (Å²) in [6.07, 6.45) is 3.25. The van der Waals surface area contributed by atoms with Gasteiger partial charge < -0.3 is 5.32 Å². The number of nitrogens with one attached hydrogen (secondary N) is 2. The highest BCUT2D eigenvalue weighted by Gasteiger charge is 2.14. The molecule has 126 valence electrons. The third-order valence-corrected chi connectivity index (χ3v) is 3.47. The van der Waals surface area contributed by atoms with E-state index in [1.54, 1.807) is 30.6 Å². The molecule has 1 aromatic carbocycles. The molecule has 1 aromatic heterocycles. The molecule has 2 aromatic rings. The second kappa shape index (κ2) is 7.68. The Kier molecular flexibility index (Phi) is 5.63. The van der Waals surface area contributed by atoms with Gasteiger partial charge in [-0.15, -0.1) is 0 Å². The Morgan fingerprint density at radius 1 is 1.04 bits per heavy atom. The molecule has 0 fully saturated rings. The van der Waals surface area contributed by atoms with Crippen molar-refractivity contribution in [3.05, 3.63) is 53.9 Å². The third-order valence-electron chi connectivity index (χ3n) is 3.47. The van der Waals surface area contributed by atoms with E-state index < -0.39 is 0 Å². The summed E-state index contributed by atoms with van der Waals surface area (Å²) < 4.78 is 0. The molecule has 0 saturated heterocycles. The van der Waals surface area contributed by atoms with Crippen LogP contribution in [0, 0.1) is 0 Å². The molecule has 0 atom stereocenters. The number of amides is 2. The largest absolute Gasteiger partial charge is 0.352 e. The number of nitrogens with zero attached hydrogens (tertiary/aromatic N) is 2. The smallest absolute Gasteiger partial charge is 0.251 e. The lowest BCUT2D eigenvalue weighted by atomic mass is 9.87. The molecule has 0 radical (unpaired) electrons. The van der Waals surface area contributed by atoms with E-state index in [0.29, 0.717) is 5.56 Å². The van der Waals surface area contributed by atoms with Gasteiger partial charge in [0, 0.05) is 30.9 Å². The Hall–Kier alpha value is -2.76. The molecule has 0 aliphatic heterocycles. The number of anilines is 1. The van der Waals surface area contributed by atoms with E-state index in [-0.39, 0.29) is 36.1 Å². The van der Waals surface area contributed by atoms with E-state index in [1.165, 1.54) is 5.56 Å². The van der Waals surface area contributed by atoms with Crippen molar-refractivity contribution in [1.29, 1.82) is 0 Å². The third kappa shape index (κ3) is 5.15. The fraction of sp³-hybridized carbons (Fsp3) is 0.333. The first-order chi connectivity index (χ1) is 11.4. The molecule has 0 saturated carbocycles. The molecule has 0 bridgehead atoms. The molecule has 0 aliphatic carbocycles. The van der Waals surface area contributed by atoms with Gasteiger partial charge in [-0.2, -0.15) is 0 Å². The van der Waals surface area contributed by atoms with Crippen LogP contribution >= 0.6 is 0 Å². The number of hydrogen-bond donors (Lipinski definition) is 2. The summed E-state index contributed by atoms with van der Waals surface area (Å²) in [6.45, 7) is 6.62. The van der Waals surface area contributed by atoms with Crippen LogP contribution in [-0.4, -0.2) is 28.3 Å². The fourth-order valence-electron chi connectivity index (χ4n) is 2.06. The molecule has 2 N–H and O–H groups in total. The molecule has 0 spiro atoms. The number of carbonyl (C=O) groups excluding carboxylic acids is 2. The van der Waals surface area contributed by atoms with Gasteiger partial charge in [0.05, 0.1) is 0 Å². The Bertz CT molecular complexity index is 691. The quantitative estimate of drug-likeness (QED) is 0.884. The van der Waals surface area contributed by atoms with Crippen LogP contribution in [0.5, 0.6) is 0 Å². The standard InChI is InChI=1S/C18H22N4O2/c1-18(2,3)14-7-5-13(6-8-14)16(24)19-12-9-15(23)22-17-20-10-4-11-21-17/h4-8,10-11H,9,12H2,1-3H3,(H,19,24)(H,20,21,22,23). The molecule has 1 heterocycles. The van der Waals surface area contributed by atoms with Crippen molar-refractivity contribution < 1.29 is 9.59 Å². The van der Waals surface area contributed by atoms with Gasteiger partial charge in [0.15, 0.2) is 0 Å². The van der Waals surface area contributed by atoms with Crippen molar-refractivity contribution in [1.82, 2.24) is 15.3 Å². The van der Waals surface area contributed by atoms with Gasteiger partial charge in [-0.25, -0.2) is 9.97 Å². The van der Waals surface area contributed by atoms with Gasteiger partial charge in [-0.3, -0.25) is 14.9 Å². The summed E-state index contributed by atoms with van der Waals surface area (Å²) in [7, 11) is 0. The van der Waals surface area contributed by atoms with Crippen molar-refractivity contribution in [2.45, 2.75) is 32.6 Å². The van der Waals surface area contributed by atoms with Crippen LogP contribution in [0.2, 0.25) is 0 Å². The van der Waals surface area contributed by atoms with Crippen LogP contribution in [0.1, 0.15) is 43.1 Å². The second-order valence-corrected chi connectivity index (χ2v) is 6.45. The zero-order valence-corrected chi connectivity index (χ0v) is 14.2. The molecule has 2 amide bonds. The van der Waals surface area contributed by atoms with E-state index in [9.17, 15) is 9.59 Å². The summed E-state index contributed by atoms with van der Waals surface area (Å²) in [6, 6.07) is 9.17. The Balaban J connectivity index is 1.80. The summed E-state index contributed by atoms with van der Waals surface area (Å²) in [4.78, 5) is 31.6. The molecule has 24 heavy (non-hydrogen) atoms. The SMILES string of the molecule is CC(C)(C)c1ccc(C(=O)NCCC(=O)Nc2ncccn2)cc1. The predicted molar refractivity (Wildman–Crippen MR) is 92.8 cm³/mol. The lowest BCUT2D eigenvalue weighted by molar-refractivity contribution is -0.116. The number of rotatable bonds is 5. The van der Waals surface area contributed by atoms with Crippen molar-refractivity contribution in [3.63, 3.8) is 0 Å². The van der Waals surface area contributed by atoms with Crippen LogP contribution in [0.3, 0.4) is 0 Å². The van der Waals surface area contributed by atoms with Gasteiger partial charge in [-0.05, 0) is 29.2 Å². The maximum atomic E-state index is 12.1. The molecule has 0 unspecified atom stereocenters. The first kappa shape index (κ1) is 17.6. The molecule has 2 rings (SSSR count). The van der Waals surface area contributed by atoms with Gasteiger partial charge in [0.1, 0.15) is 0 Å². The molecule has 0 aliphatic rings. The van der Waals surface area contributed by atoms with Crippen LogP contribution in [0.25, 0.3) is 0 Å². The topological polar surface area (TPSA) is 84.0 Å². The normalized spacial score (nSPS) is 11.0. The van der Waals surface area contributed by atoms with E-state index in [0.717, 1.165) is 0 Å². The molecular formula is C18H22N4O2.